The minimum atomic E-state index is -0.194. The molecule has 2 aromatic carbocycles. The van der Waals surface area contributed by atoms with Crippen molar-refractivity contribution in [1.29, 1.82) is 0 Å². The topological polar surface area (TPSA) is 59.7 Å². The van der Waals surface area contributed by atoms with Crippen LogP contribution in [0.2, 0.25) is 0 Å². The highest BCUT2D eigenvalue weighted by molar-refractivity contribution is 9.10. The van der Waals surface area contributed by atoms with Crippen molar-refractivity contribution in [3.05, 3.63) is 62.6 Å². The number of hydrogen-bond donors (Lipinski definition) is 0. The third-order valence-corrected chi connectivity index (χ3v) is 5.57. The summed E-state index contributed by atoms with van der Waals surface area (Å²) in [5.74, 6) is 1.38. The van der Waals surface area contributed by atoms with Crippen LogP contribution in [0.25, 0.3) is 10.9 Å². The Balaban J connectivity index is 2.13. The van der Waals surface area contributed by atoms with Crippen LogP contribution in [-0.2, 0) is 0 Å². The van der Waals surface area contributed by atoms with Crippen LogP contribution in [0.3, 0.4) is 0 Å². The van der Waals surface area contributed by atoms with Gasteiger partial charge in [-0.2, -0.15) is 9.78 Å². The quantitative estimate of drug-likeness (QED) is 0.420. The van der Waals surface area contributed by atoms with E-state index in [2.05, 4.69) is 28.0 Å². The molecule has 0 aliphatic carbocycles. The van der Waals surface area contributed by atoms with E-state index in [0.29, 0.717) is 16.7 Å². The van der Waals surface area contributed by atoms with Gasteiger partial charge in [0.1, 0.15) is 11.6 Å². The van der Waals surface area contributed by atoms with Gasteiger partial charge in [0.05, 0.1) is 23.2 Å². The lowest BCUT2D eigenvalue weighted by Crippen LogP contribution is -2.23. The first kappa shape index (κ1) is 23.0. The van der Waals surface area contributed by atoms with E-state index in [0.717, 1.165) is 27.9 Å². The molecule has 1 aromatic heterocycles. The van der Waals surface area contributed by atoms with Crippen LogP contribution in [0.1, 0.15) is 51.4 Å². The first-order chi connectivity index (χ1) is 14.7. The van der Waals surface area contributed by atoms with Crippen molar-refractivity contribution in [1.82, 2.24) is 9.66 Å². The molecule has 0 bridgehead atoms. The highest BCUT2D eigenvalue weighted by Gasteiger charge is 2.14. The maximum atomic E-state index is 13.2. The summed E-state index contributed by atoms with van der Waals surface area (Å²) in [5, 5.41) is 5.08. The zero-order valence-electron chi connectivity index (χ0n) is 18.9. The molecule has 0 aliphatic heterocycles. The van der Waals surface area contributed by atoms with Gasteiger partial charge in [0.2, 0.25) is 0 Å². The Kier molecular flexibility index (Phi) is 7.15. The number of halogens is 1. The monoisotopic (exact) mass is 484 g/mol. The van der Waals surface area contributed by atoms with Crippen LogP contribution in [0.5, 0.6) is 5.75 Å². The maximum Gasteiger partial charge on any atom is 0.282 e. The summed E-state index contributed by atoms with van der Waals surface area (Å²) in [5.41, 5.74) is 2.31. The number of rotatable bonds is 7. The molecule has 0 unspecified atom stereocenters. The molecular weight excluding hydrogens is 456 g/mol. The standard InChI is InChI=1S/C24H29BrN4O2/c1-7-16(4)31-22-13-19(28(5)6)10-8-17(22)14-26-29-23(15(2)3)27-21-11-9-18(25)12-20(21)24(29)30/h8-16H,7H2,1-6H3/t16-/m0/s1. The number of hydrogen-bond acceptors (Lipinski definition) is 5. The molecule has 6 nitrogen and oxygen atoms in total. The molecule has 0 aliphatic rings. The first-order valence-corrected chi connectivity index (χ1v) is 11.2. The summed E-state index contributed by atoms with van der Waals surface area (Å²) in [4.78, 5) is 20.0. The van der Waals surface area contributed by atoms with Crippen LogP contribution >= 0.6 is 15.9 Å². The fourth-order valence-corrected chi connectivity index (χ4v) is 3.44. The van der Waals surface area contributed by atoms with E-state index in [1.807, 2.05) is 70.1 Å². The van der Waals surface area contributed by atoms with E-state index in [-0.39, 0.29) is 17.6 Å². The molecule has 0 amide bonds. The minimum absolute atomic E-state index is 0.0323. The van der Waals surface area contributed by atoms with E-state index in [4.69, 9.17) is 9.72 Å². The molecule has 31 heavy (non-hydrogen) atoms. The summed E-state index contributed by atoms with van der Waals surface area (Å²) in [6, 6.07) is 11.5. The van der Waals surface area contributed by atoms with Crippen molar-refractivity contribution in [2.24, 2.45) is 5.10 Å². The summed E-state index contributed by atoms with van der Waals surface area (Å²) in [7, 11) is 3.98. The molecule has 3 aromatic rings. The van der Waals surface area contributed by atoms with Gasteiger partial charge >= 0.3 is 0 Å². The van der Waals surface area contributed by atoms with E-state index in [1.165, 1.54) is 4.68 Å². The number of ether oxygens (including phenoxy) is 1. The Morgan fingerprint density at radius 3 is 2.58 bits per heavy atom. The van der Waals surface area contributed by atoms with Crippen LogP contribution in [0.15, 0.2) is 50.8 Å². The van der Waals surface area contributed by atoms with Gasteiger partial charge in [-0.05, 0) is 43.7 Å². The van der Waals surface area contributed by atoms with Crippen molar-refractivity contribution >= 4 is 38.7 Å². The van der Waals surface area contributed by atoms with Gasteiger partial charge in [0.15, 0.2) is 0 Å². The van der Waals surface area contributed by atoms with Gasteiger partial charge in [0, 0.05) is 41.8 Å². The molecule has 0 fully saturated rings. The lowest BCUT2D eigenvalue weighted by atomic mass is 10.1. The lowest BCUT2D eigenvalue weighted by Gasteiger charge is -2.19. The maximum absolute atomic E-state index is 13.2. The van der Waals surface area contributed by atoms with Gasteiger partial charge in [-0.15, -0.1) is 0 Å². The molecule has 164 valence electrons. The molecular formula is C24H29BrN4O2. The van der Waals surface area contributed by atoms with Gasteiger partial charge < -0.3 is 9.64 Å². The molecule has 0 radical (unpaired) electrons. The van der Waals surface area contributed by atoms with Gasteiger partial charge in [-0.25, -0.2) is 4.98 Å². The normalized spacial score (nSPS) is 12.6. The van der Waals surface area contributed by atoms with Gasteiger partial charge in [-0.3, -0.25) is 4.79 Å². The molecule has 0 saturated heterocycles. The first-order valence-electron chi connectivity index (χ1n) is 10.5. The smallest absolute Gasteiger partial charge is 0.282 e. The van der Waals surface area contributed by atoms with E-state index < -0.39 is 0 Å². The highest BCUT2D eigenvalue weighted by Crippen LogP contribution is 2.26. The molecule has 0 N–H and O–H groups in total. The Bertz CT molecular complexity index is 1170. The molecule has 1 heterocycles. The summed E-state index contributed by atoms with van der Waals surface area (Å²) in [6.45, 7) is 8.13. The second-order valence-corrected chi connectivity index (χ2v) is 9.02. The third-order valence-electron chi connectivity index (χ3n) is 5.08. The van der Waals surface area contributed by atoms with Crippen molar-refractivity contribution in [2.75, 3.05) is 19.0 Å². The largest absolute Gasteiger partial charge is 0.490 e. The lowest BCUT2D eigenvalue weighted by molar-refractivity contribution is 0.217. The Hall–Kier alpha value is -2.67. The Morgan fingerprint density at radius 1 is 1.19 bits per heavy atom. The van der Waals surface area contributed by atoms with E-state index >= 15 is 0 Å². The third kappa shape index (κ3) is 5.15. The predicted octanol–water partition coefficient (Wildman–Crippen LogP) is 5.41. The van der Waals surface area contributed by atoms with Crippen molar-refractivity contribution in [3.63, 3.8) is 0 Å². The molecule has 1 atom stereocenters. The van der Waals surface area contributed by atoms with Crippen LogP contribution < -0.4 is 15.2 Å². The van der Waals surface area contributed by atoms with Crippen LogP contribution in [-0.4, -0.2) is 36.1 Å². The second kappa shape index (κ2) is 9.64. The number of fused-ring (bicyclic) bond motifs is 1. The summed E-state index contributed by atoms with van der Waals surface area (Å²) < 4.78 is 8.36. The summed E-state index contributed by atoms with van der Waals surface area (Å²) in [6.07, 6.45) is 2.64. The zero-order chi connectivity index (χ0) is 22.7. The Morgan fingerprint density at radius 2 is 1.94 bits per heavy atom. The number of benzene rings is 2. The van der Waals surface area contributed by atoms with Crippen LogP contribution in [0.4, 0.5) is 5.69 Å². The number of nitrogens with zero attached hydrogens (tertiary/aromatic N) is 4. The SMILES string of the molecule is CC[C@H](C)Oc1cc(N(C)C)ccc1C=Nn1c(C(C)C)nc2ccc(Br)cc2c1=O. The van der Waals surface area contributed by atoms with Crippen molar-refractivity contribution in [3.8, 4) is 5.75 Å². The molecule has 3 rings (SSSR count). The van der Waals surface area contributed by atoms with E-state index in [9.17, 15) is 4.79 Å². The molecule has 0 saturated carbocycles. The van der Waals surface area contributed by atoms with E-state index in [1.54, 1.807) is 12.3 Å². The number of aromatic nitrogens is 2. The average Bonchev–Trinajstić information content (AvgIpc) is 2.73. The second-order valence-electron chi connectivity index (χ2n) is 8.10. The zero-order valence-corrected chi connectivity index (χ0v) is 20.5. The molecule has 7 heteroatoms. The summed E-state index contributed by atoms with van der Waals surface area (Å²) >= 11 is 3.44. The minimum Gasteiger partial charge on any atom is -0.490 e. The fraction of sp³-hybridized carbons (Fsp3) is 0.375. The molecule has 0 spiro atoms. The highest BCUT2D eigenvalue weighted by atomic mass is 79.9. The van der Waals surface area contributed by atoms with Gasteiger partial charge in [-0.1, -0.05) is 36.7 Å². The van der Waals surface area contributed by atoms with Crippen LogP contribution in [0, 0.1) is 0 Å². The van der Waals surface area contributed by atoms with Crippen molar-refractivity contribution in [2.45, 2.75) is 46.1 Å². The average molecular weight is 485 g/mol. The van der Waals surface area contributed by atoms with Crippen molar-refractivity contribution < 1.29 is 4.74 Å². The Labute approximate surface area is 191 Å². The van der Waals surface area contributed by atoms with Gasteiger partial charge in [0.25, 0.3) is 5.56 Å². The predicted molar refractivity (Wildman–Crippen MR) is 132 cm³/mol. The fourth-order valence-electron chi connectivity index (χ4n) is 3.08. The number of anilines is 1.